The predicted octanol–water partition coefficient (Wildman–Crippen LogP) is 0.736. The summed E-state index contributed by atoms with van der Waals surface area (Å²) in [7, 11) is -3.18. The Bertz CT molecular complexity index is 440. The summed E-state index contributed by atoms with van der Waals surface area (Å²) < 4.78 is 30.7. The van der Waals surface area contributed by atoms with Crippen molar-refractivity contribution in [3.8, 4) is 0 Å². The summed E-state index contributed by atoms with van der Waals surface area (Å²) in [4.78, 5) is 4.16. The van der Waals surface area contributed by atoms with Gasteiger partial charge in [-0.2, -0.15) is 0 Å². The highest BCUT2D eigenvalue weighted by Crippen LogP contribution is 2.17. The predicted molar refractivity (Wildman–Crippen MR) is 66.6 cm³/mol. The van der Waals surface area contributed by atoms with E-state index in [0.717, 1.165) is 5.01 Å². The number of hydrogen-bond donors (Lipinski definition) is 0. The van der Waals surface area contributed by atoms with Crippen molar-refractivity contribution in [2.24, 2.45) is 0 Å². The fourth-order valence-corrected chi connectivity index (χ4v) is 3.93. The van der Waals surface area contributed by atoms with Gasteiger partial charge in [-0.15, -0.1) is 11.3 Å². The maximum absolute atomic E-state index is 12.1. The first-order valence-corrected chi connectivity index (χ1v) is 7.98. The second kappa shape index (κ2) is 5.43. The van der Waals surface area contributed by atoms with Gasteiger partial charge in [0, 0.05) is 31.1 Å². The van der Waals surface area contributed by atoms with E-state index < -0.39 is 10.0 Å². The molecule has 17 heavy (non-hydrogen) atoms. The van der Waals surface area contributed by atoms with Gasteiger partial charge in [-0.1, -0.05) is 6.92 Å². The van der Waals surface area contributed by atoms with Crippen LogP contribution in [0.3, 0.4) is 0 Å². The molecule has 0 aromatic carbocycles. The molecule has 0 unspecified atom stereocenters. The van der Waals surface area contributed by atoms with Crippen molar-refractivity contribution < 1.29 is 13.2 Å². The largest absolute Gasteiger partial charge is 0.378 e. The van der Waals surface area contributed by atoms with Crippen LogP contribution in [-0.4, -0.2) is 49.3 Å². The third-order valence-corrected chi connectivity index (χ3v) is 5.91. The van der Waals surface area contributed by atoms with Crippen LogP contribution in [-0.2, 0) is 21.2 Å². The maximum Gasteiger partial charge on any atom is 0.221 e. The van der Waals surface area contributed by atoms with Crippen molar-refractivity contribution in [3.05, 3.63) is 16.6 Å². The van der Waals surface area contributed by atoms with E-state index in [1.165, 1.54) is 4.31 Å². The quantitative estimate of drug-likeness (QED) is 0.769. The lowest BCUT2D eigenvalue weighted by molar-refractivity contribution is 0.0392. The second-order valence-electron chi connectivity index (χ2n) is 3.87. The van der Waals surface area contributed by atoms with E-state index in [9.17, 15) is 8.42 Å². The van der Waals surface area contributed by atoms with Gasteiger partial charge in [0.2, 0.25) is 10.0 Å². The van der Waals surface area contributed by atoms with Crippen LogP contribution in [0.25, 0.3) is 0 Å². The van der Waals surface area contributed by atoms with Crippen molar-refractivity contribution in [3.63, 3.8) is 0 Å². The van der Waals surface area contributed by atoms with Crippen LogP contribution in [0.2, 0.25) is 0 Å². The van der Waals surface area contributed by atoms with Crippen LogP contribution < -0.4 is 0 Å². The molecular formula is C10H16N2O3S2. The standard InChI is InChI=1S/C10H16N2O3S2/c1-2-12(5-3-10-11-4-6-16-10)17(13,14)9-7-15-8-9/h4,6,9H,2-3,5,7-8H2,1H3. The molecule has 0 amide bonds. The molecule has 0 saturated carbocycles. The van der Waals surface area contributed by atoms with Crippen LogP contribution in [0.5, 0.6) is 0 Å². The molecule has 1 saturated heterocycles. The summed E-state index contributed by atoms with van der Waals surface area (Å²) in [6, 6.07) is 0. The summed E-state index contributed by atoms with van der Waals surface area (Å²) in [5.41, 5.74) is 0. The number of nitrogens with zero attached hydrogens (tertiary/aromatic N) is 2. The maximum atomic E-state index is 12.1. The van der Waals surface area contributed by atoms with Gasteiger partial charge in [0.25, 0.3) is 0 Å². The molecule has 2 heterocycles. The van der Waals surface area contributed by atoms with Gasteiger partial charge in [0.05, 0.1) is 18.2 Å². The SMILES string of the molecule is CCN(CCc1nccs1)S(=O)(=O)C1COC1. The lowest BCUT2D eigenvalue weighted by Gasteiger charge is -2.31. The van der Waals surface area contributed by atoms with Crippen LogP contribution in [0.15, 0.2) is 11.6 Å². The minimum absolute atomic E-state index is 0.329. The van der Waals surface area contributed by atoms with Crippen molar-refractivity contribution in [1.29, 1.82) is 0 Å². The number of likely N-dealkylation sites (N-methyl/N-ethyl adjacent to an activating group) is 1. The van der Waals surface area contributed by atoms with Crippen LogP contribution in [0.1, 0.15) is 11.9 Å². The van der Waals surface area contributed by atoms with E-state index in [2.05, 4.69) is 4.98 Å². The van der Waals surface area contributed by atoms with Gasteiger partial charge in [-0.25, -0.2) is 17.7 Å². The van der Waals surface area contributed by atoms with Crippen molar-refractivity contribution in [2.45, 2.75) is 18.6 Å². The van der Waals surface area contributed by atoms with Crippen LogP contribution >= 0.6 is 11.3 Å². The summed E-state index contributed by atoms with van der Waals surface area (Å²) in [5, 5.41) is 2.53. The molecule has 96 valence electrons. The van der Waals surface area contributed by atoms with E-state index >= 15 is 0 Å². The lowest BCUT2D eigenvalue weighted by atomic mass is 10.4. The van der Waals surface area contributed by atoms with E-state index in [-0.39, 0.29) is 5.25 Å². The van der Waals surface area contributed by atoms with Gasteiger partial charge >= 0.3 is 0 Å². The normalized spacial score (nSPS) is 17.3. The Balaban J connectivity index is 1.96. The number of rotatable bonds is 6. The van der Waals surface area contributed by atoms with Gasteiger partial charge < -0.3 is 4.74 Å². The van der Waals surface area contributed by atoms with Crippen molar-refractivity contribution in [2.75, 3.05) is 26.3 Å². The molecule has 5 nitrogen and oxygen atoms in total. The zero-order valence-electron chi connectivity index (χ0n) is 9.70. The second-order valence-corrected chi connectivity index (χ2v) is 7.06. The molecule has 1 aromatic heterocycles. The van der Waals surface area contributed by atoms with Crippen molar-refractivity contribution >= 4 is 21.4 Å². The zero-order chi connectivity index (χ0) is 12.3. The summed E-state index contributed by atoms with van der Waals surface area (Å²) in [6.45, 7) is 3.53. The Morgan fingerprint density at radius 2 is 2.35 bits per heavy atom. The lowest BCUT2D eigenvalue weighted by Crippen LogP contribution is -2.49. The summed E-state index contributed by atoms with van der Waals surface area (Å²) in [6.07, 6.45) is 2.42. The highest BCUT2D eigenvalue weighted by Gasteiger charge is 2.36. The molecule has 0 bridgehead atoms. The number of sulfonamides is 1. The highest BCUT2D eigenvalue weighted by molar-refractivity contribution is 7.89. The average Bonchev–Trinajstić information content (AvgIpc) is 2.67. The molecule has 0 spiro atoms. The first kappa shape index (κ1) is 12.9. The third-order valence-electron chi connectivity index (χ3n) is 2.80. The van der Waals surface area contributed by atoms with E-state index in [1.807, 2.05) is 12.3 Å². The van der Waals surface area contributed by atoms with Gasteiger partial charge in [0.1, 0.15) is 5.25 Å². The summed E-state index contributed by atoms with van der Waals surface area (Å²) in [5.74, 6) is 0. The molecule has 1 fully saturated rings. The van der Waals surface area contributed by atoms with Crippen LogP contribution in [0.4, 0.5) is 0 Å². The molecule has 1 aliphatic heterocycles. The van der Waals surface area contributed by atoms with E-state index in [4.69, 9.17) is 4.74 Å². The molecule has 1 aliphatic rings. The molecule has 7 heteroatoms. The third kappa shape index (κ3) is 2.85. The Morgan fingerprint density at radius 1 is 1.59 bits per heavy atom. The number of hydrogen-bond acceptors (Lipinski definition) is 5. The first-order chi connectivity index (χ1) is 8.14. The molecule has 1 aromatic rings. The molecule has 2 rings (SSSR count). The topological polar surface area (TPSA) is 59.5 Å². The summed E-state index contributed by atoms with van der Waals surface area (Å²) >= 11 is 1.56. The van der Waals surface area contributed by atoms with Crippen molar-refractivity contribution in [1.82, 2.24) is 9.29 Å². The van der Waals surface area contributed by atoms with Gasteiger partial charge in [-0.3, -0.25) is 0 Å². The highest BCUT2D eigenvalue weighted by atomic mass is 32.2. The Hall–Kier alpha value is -0.500. The Kier molecular flexibility index (Phi) is 4.13. The monoisotopic (exact) mass is 276 g/mol. The number of ether oxygens (including phenoxy) is 1. The van der Waals surface area contributed by atoms with Gasteiger partial charge in [0.15, 0.2) is 0 Å². The minimum atomic E-state index is -3.18. The van der Waals surface area contributed by atoms with Crippen LogP contribution in [0, 0.1) is 0 Å². The minimum Gasteiger partial charge on any atom is -0.378 e. The molecule has 0 aliphatic carbocycles. The number of thiazole rings is 1. The first-order valence-electron chi connectivity index (χ1n) is 5.59. The number of aromatic nitrogens is 1. The molecule has 0 N–H and O–H groups in total. The fraction of sp³-hybridized carbons (Fsp3) is 0.700. The van der Waals surface area contributed by atoms with E-state index in [1.54, 1.807) is 17.5 Å². The van der Waals surface area contributed by atoms with Gasteiger partial charge in [-0.05, 0) is 0 Å². The van der Waals surface area contributed by atoms with E-state index in [0.29, 0.717) is 32.7 Å². The molecule has 0 atom stereocenters. The zero-order valence-corrected chi connectivity index (χ0v) is 11.3. The Morgan fingerprint density at radius 3 is 2.82 bits per heavy atom. The molecular weight excluding hydrogens is 260 g/mol. The Labute approximate surface area is 105 Å². The fourth-order valence-electron chi connectivity index (χ4n) is 1.66. The smallest absolute Gasteiger partial charge is 0.221 e. The average molecular weight is 276 g/mol. The molecule has 0 radical (unpaired) electrons.